The van der Waals surface area contributed by atoms with Crippen molar-refractivity contribution in [2.24, 2.45) is 0 Å². The van der Waals surface area contributed by atoms with Crippen LogP contribution in [-0.2, 0) is 19.1 Å². The minimum Gasteiger partial charge on any atom is -0.493 e. The topological polar surface area (TPSA) is 123 Å². The van der Waals surface area contributed by atoms with E-state index in [0.717, 1.165) is 4.90 Å². The largest absolute Gasteiger partial charge is 0.493 e. The molecule has 3 unspecified atom stereocenters. The summed E-state index contributed by atoms with van der Waals surface area (Å²) < 4.78 is 56.3. The van der Waals surface area contributed by atoms with Gasteiger partial charge in [-0.25, -0.2) is 0 Å². The van der Waals surface area contributed by atoms with Crippen molar-refractivity contribution in [1.82, 2.24) is 15.5 Å². The van der Waals surface area contributed by atoms with Gasteiger partial charge in [0.25, 0.3) is 11.8 Å². The molecule has 2 radical (unpaired) electrons. The van der Waals surface area contributed by atoms with Gasteiger partial charge in [0, 0.05) is 12.1 Å². The lowest BCUT2D eigenvalue weighted by molar-refractivity contribution is -0.175. The number of hydrogen-bond acceptors (Lipinski definition) is 7. The van der Waals surface area contributed by atoms with E-state index in [0.29, 0.717) is 0 Å². The average molecular weight is 513 g/mol. The number of halogens is 3. The first-order valence-corrected chi connectivity index (χ1v) is 11.0. The average Bonchev–Trinajstić information content (AvgIpc) is 3.31. The van der Waals surface area contributed by atoms with Crippen molar-refractivity contribution >= 4 is 31.5 Å². The van der Waals surface area contributed by atoms with Crippen molar-refractivity contribution < 1.29 is 46.6 Å². The van der Waals surface area contributed by atoms with E-state index in [1.807, 2.05) is 0 Å². The third kappa shape index (κ3) is 7.28. The number of ether oxygens (including phenoxy) is 3. The van der Waals surface area contributed by atoms with Crippen LogP contribution in [0.4, 0.5) is 13.2 Å². The number of nitrogens with zero attached hydrogens (tertiary/aromatic N) is 1. The summed E-state index contributed by atoms with van der Waals surface area (Å²) in [4.78, 5) is 50.4. The zero-order valence-electron chi connectivity index (χ0n) is 20.0. The second-order valence-electron chi connectivity index (χ2n) is 7.83. The van der Waals surface area contributed by atoms with E-state index >= 15 is 0 Å². The highest BCUT2D eigenvalue weighted by atomic mass is 19.4. The third-order valence-electron chi connectivity index (χ3n) is 5.35. The van der Waals surface area contributed by atoms with Gasteiger partial charge in [0.15, 0.2) is 11.5 Å². The first kappa shape index (κ1) is 28.8. The zero-order valence-corrected chi connectivity index (χ0v) is 20.0. The molecule has 3 atom stereocenters. The fraction of sp³-hybridized carbons (Fsp3) is 0.545. The monoisotopic (exact) mass is 513 g/mol. The molecule has 14 heteroatoms. The van der Waals surface area contributed by atoms with E-state index in [9.17, 15) is 32.3 Å². The van der Waals surface area contributed by atoms with Crippen molar-refractivity contribution in [2.45, 2.75) is 50.4 Å². The molecule has 1 fully saturated rings. The van der Waals surface area contributed by atoms with Crippen LogP contribution in [-0.4, -0.2) is 88.0 Å². The summed E-state index contributed by atoms with van der Waals surface area (Å²) in [6, 6.07) is -0.443. The molecule has 196 valence electrons. The van der Waals surface area contributed by atoms with Gasteiger partial charge in [-0.2, -0.15) is 13.2 Å². The van der Waals surface area contributed by atoms with Gasteiger partial charge in [-0.15, -0.1) is 0 Å². The Hall–Kier alpha value is -3.45. The number of benzene rings is 1. The summed E-state index contributed by atoms with van der Waals surface area (Å²) in [5.74, 6) is -4.95. The molecule has 0 aromatic heterocycles. The SMILES string of the molecule is [B]C(CC(=O)OCC)NC(=O)C1CCCN1C(=O)C(NC(=O)c1ccc(OC)c(OC)c1)C(F)(F)F. The first-order chi connectivity index (χ1) is 16.9. The number of rotatable bonds is 10. The molecule has 0 bridgehead atoms. The predicted molar refractivity (Wildman–Crippen MR) is 121 cm³/mol. The highest BCUT2D eigenvalue weighted by Crippen LogP contribution is 2.29. The standard InChI is InChI=1S/C22H27BF3N3O7/c1-4-36-17(30)11-16(23)27-20(32)13-6-5-9-29(13)21(33)18(22(24,25)26)28-19(31)12-7-8-14(34-2)15(10-12)35-3/h7-8,10,13,16,18H,4-6,9,11H2,1-3H3,(H,27,32)(H,28,31). The number of carbonyl (C=O) groups excluding carboxylic acids is 4. The Morgan fingerprint density at radius 3 is 2.39 bits per heavy atom. The van der Waals surface area contributed by atoms with Crippen LogP contribution in [0, 0.1) is 0 Å². The Morgan fingerprint density at radius 2 is 1.81 bits per heavy atom. The number of carbonyl (C=O) groups is 4. The van der Waals surface area contributed by atoms with Crippen LogP contribution >= 0.6 is 0 Å². The van der Waals surface area contributed by atoms with Crippen LogP contribution in [0.5, 0.6) is 11.5 Å². The maximum Gasteiger partial charge on any atom is 0.417 e. The van der Waals surface area contributed by atoms with Crippen LogP contribution in [0.3, 0.4) is 0 Å². The Balaban J connectivity index is 2.17. The summed E-state index contributed by atoms with van der Waals surface area (Å²) in [6.07, 6.45) is -5.16. The molecule has 0 saturated carbocycles. The van der Waals surface area contributed by atoms with E-state index in [4.69, 9.17) is 22.1 Å². The lowest BCUT2D eigenvalue weighted by Gasteiger charge is -2.30. The summed E-state index contributed by atoms with van der Waals surface area (Å²) in [5.41, 5.74) is -0.199. The van der Waals surface area contributed by atoms with Crippen molar-refractivity contribution in [3.05, 3.63) is 23.8 Å². The van der Waals surface area contributed by atoms with Gasteiger partial charge in [-0.3, -0.25) is 19.2 Å². The van der Waals surface area contributed by atoms with Gasteiger partial charge < -0.3 is 29.7 Å². The quantitative estimate of drug-likeness (QED) is 0.353. The molecule has 3 amide bonds. The molecule has 10 nitrogen and oxygen atoms in total. The minimum absolute atomic E-state index is 0.0813. The van der Waals surface area contributed by atoms with Gasteiger partial charge in [0.2, 0.25) is 11.9 Å². The molecule has 1 saturated heterocycles. The normalized spacial score (nSPS) is 17.1. The summed E-state index contributed by atoms with van der Waals surface area (Å²) in [6.45, 7) is 1.56. The van der Waals surface area contributed by atoms with Crippen molar-refractivity contribution in [2.75, 3.05) is 27.4 Å². The highest BCUT2D eigenvalue weighted by molar-refractivity contribution is 6.14. The Morgan fingerprint density at radius 1 is 1.14 bits per heavy atom. The Bertz CT molecular complexity index is 977. The van der Waals surface area contributed by atoms with Gasteiger partial charge >= 0.3 is 12.1 Å². The zero-order chi connectivity index (χ0) is 27.0. The van der Waals surface area contributed by atoms with Gasteiger partial charge in [0.1, 0.15) is 6.04 Å². The van der Waals surface area contributed by atoms with Gasteiger partial charge in [-0.1, -0.05) is 0 Å². The summed E-state index contributed by atoms with van der Waals surface area (Å²) in [5, 5.41) is 4.02. The lowest BCUT2D eigenvalue weighted by Crippen LogP contribution is -2.59. The fourth-order valence-electron chi connectivity index (χ4n) is 3.67. The molecule has 0 spiro atoms. The second kappa shape index (κ2) is 12.5. The number of methoxy groups -OCH3 is 2. The Labute approximate surface area is 207 Å². The molecule has 0 aliphatic carbocycles. The van der Waals surface area contributed by atoms with Crippen LogP contribution in [0.25, 0.3) is 0 Å². The molecule has 1 aromatic carbocycles. The number of hydrogen-bond donors (Lipinski definition) is 2. The molecule has 36 heavy (non-hydrogen) atoms. The fourth-order valence-corrected chi connectivity index (χ4v) is 3.67. The lowest BCUT2D eigenvalue weighted by atomic mass is 9.92. The van der Waals surface area contributed by atoms with E-state index in [2.05, 4.69) is 5.32 Å². The smallest absolute Gasteiger partial charge is 0.417 e. The Kier molecular flexibility index (Phi) is 9.99. The summed E-state index contributed by atoms with van der Waals surface area (Å²) >= 11 is 0. The van der Waals surface area contributed by atoms with Crippen LogP contribution in [0.1, 0.15) is 36.5 Å². The van der Waals surface area contributed by atoms with E-state index in [1.54, 1.807) is 12.2 Å². The third-order valence-corrected chi connectivity index (χ3v) is 5.35. The van der Waals surface area contributed by atoms with E-state index < -0.39 is 47.9 Å². The molecular weight excluding hydrogens is 486 g/mol. The van der Waals surface area contributed by atoms with Gasteiger partial charge in [0.05, 0.1) is 35.1 Å². The molecule has 2 N–H and O–H groups in total. The number of esters is 1. The van der Waals surface area contributed by atoms with Crippen molar-refractivity contribution in [3.63, 3.8) is 0 Å². The van der Waals surface area contributed by atoms with Crippen LogP contribution in [0.2, 0.25) is 0 Å². The predicted octanol–water partition coefficient (Wildman–Crippen LogP) is 0.920. The van der Waals surface area contributed by atoms with Gasteiger partial charge in [-0.05, 0) is 43.9 Å². The summed E-state index contributed by atoms with van der Waals surface area (Å²) in [7, 11) is 8.35. The molecule has 2 rings (SSSR count). The number of alkyl halides is 3. The molecule has 1 aromatic rings. The minimum atomic E-state index is -5.15. The maximum atomic E-state index is 13.8. The second-order valence-corrected chi connectivity index (χ2v) is 7.83. The molecule has 1 aliphatic rings. The van der Waals surface area contributed by atoms with E-state index in [-0.39, 0.29) is 49.5 Å². The number of amides is 3. The van der Waals surface area contributed by atoms with Crippen molar-refractivity contribution in [3.8, 4) is 11.5 Å². The van der Waals surface area contributed by atoms with Crippen LogP contribution < -0.4 is 20.1 Å². The number of nitrogens with one attached hydrogen (secondary N) is 2. The number of likely N-dealkylation sites (tertiary alicyclic amines) is 1. The highest BCUT2D eigenvalue weighted by Gasteiger charge is 2.50. The first-order valence-electron chi connectivity index (χ1n) is 11.0. The van der Waals surface area contributed by atoms with Crippen molar-refractivity contribution in [1.29, 1.82) is 0 Å². The van der Waals surface area contributed by atoms with E-state index in [1.165, 1.54) is 32.4 Å². The molecule has 1 heterocycles. The molecule has 1 aliphatic heterocycles. The van der Waals surface area contributed by atoms with Crippen LogP contribution in [0.15, 0.2) is 18.2 Å². The molecular formula is C22H27BF3N3O7. The maximum absolute atomic E-state index is 13.8.